The van der Waals surface area contributed by atoms with Gasteiger partial charge >= 0.3 is 0 Å². The third kappa shape index (κ3) is 3.22. The summed E-state index contributed by atoms with van der Waals surface area (Å²) < 4.78 is 5.63. The van der Waals surface area contributed by atoms with Crippen LogP contribution in [0.5, 0.6) is 0 Å². The van der Waals surface area contributed by atoms with Crippen molar-refractivity contribution in [1.82, 2.24) is 9.88 Å². The minimum atomic E-state index is 0.524. The van der Waals surface area contributed by atoms with Gasteiger partial charge in [0.25, 0.3) is 6.01 Å². The number of fused-ring (bicyclic) bond motifs is 1. The van der Waals surface area contributed by atoms with Crippen molar-refractivity contribution in [3.63, 3.8) is 0 Å². The number of hydrogen-bond donors (Lipinski definition) is 2. The first-order valence-corrected chi connectivity index (χ1v) is 7.13. The maximum Gasteiger partial charge on any atom is 0.295 e. The molecule has 0 saturated carbocycles. The van der Waals surface area contributed by atoms with Crippen molar-refractivity contribution >= 4 is 22.8 Å². The van der Waals surface area contributed by atoms with Crippen molar-refractivity contribution in [3.05, 3.63) is 18.2 Å². The quantitative estimate of drug-likeness (QED) is 0.794. The van der Waals surface area contributed by atoms with Gasteiger partial charge in [-0.2, -0.15) is 4.98 Å². The highest BCUT2D eigenvalue weighted by Crippen LogP contribution is 2.23. The van der Waals surface area contributed by atoms with Crippen LogP contribution < -0.4 is 11.1 Å². The van der Waals surface area contributed by atoms with Crippen LogP contribution in [0.15, 0.2) is 22.6 Å². The van der Waals surface area contributed by atoms with Gasteiger partial charge in [0.05, 0.1) is 5.69 Å². The number of nitrogens with zero attached hydrogens (tertiary/aromatic N) is 2. The van der Waals surface area contributed by atoms with E-state index in [2.05, 4.69) is 42.9 Å². The number of hydrogen-bond acceptors (Lipinski definition) is 5. The zero-order chi connectivity index (χ0) is 14.7. The number of aromatic nitrogens is 1. The first-order valence-electron chi connectivity index (χ1n) is 7.13. The molecule has 0 bridgehead atoms. The Bertz CT molecular complexity index is 554. The number of anilines is 2. The van der Waals surface area contributed by atoms with Gasteiger partial charge in [-0.1, -0.05) is 6.07 Å². The number of para-hydroxylation sites is 1. The Kier molecular flexibility index (Phi) is 4.49. The minimum absolute atomic E-state index is 0.524. The summed E-state index contributed by atoms with van der Waals surface area (Å²) in [5.74, 6) is 0. The fourth-order valence-electron chi connectivity index (χ4n) is 2.45. The van der Waals surface area contributed by atoms with Gasteiger partial charge in [-0.15, -0.1) is 0 Å². The zero-order valence-electron chi connectivity index (χ0n) is 12.7. The first-order chi connectivity index (χ1) is 9.49. The van der Waals surface area contributed by atoms with Crippen LogP contribution in [0.2, 0.25) is 0 Å². The molecule has 0 fully saturated rings. The molecule has 0 aliphatic carbocycles. The van der Waals surface area contributed by atoms with Crippen molar-refractivity contribution in [2.75, 3.05) is 24.1 Å². The number of nitrogens with one attached hydrogen (secondary N) is 1. The van der Waals surface area contributed by atoms with Gasteiger partial charge in [0.1, 0.15) is 5.52 Å². The van der Waals surface area contributed by atoms with Crippen LogP contribution >= 0.6 is 0 Å². The molecule has 0 amide bonds. The third-order valence-corrected chi connectivity index (χ3v) is 3.42. The maximum atomic E-state index is 5.87. The fourth-order valence-corrected chi connectivity index (χ4v) is 2.45. The van der Waals surface area contributed by atoms with Crippen LogP contribution in [0, 0.1) is 0 Å². The number of rotatable bonds is 6. The van der Waals surface area contributed by atoms with E-state index < -0.39 is 0 Å². The van der Waals surface area contributed by atoms with Crippen LogP contribution in [0.3, 0.4) is 0 Å². The Hall–Kier alpha value is -1.75. The molecule has 0 aliphatic heterocycles. The summed E-state index contributed by atoms with van der Waals surface area (Å²) in [5.41, 5.74) is 7.95. The lowest BCUT2D eigenvalue weighted by Crippen LogP contribution is -2.40. The molecule has 5 heteroatoms. The van der Waals surface area contributed by atoms with E-state index >= 15 is 0 Å². The largest absolute Gasteiger partial charge is 0.423 e. The predicted molar refractivity (Wildman–Crippen MR) is 83.9 cm³/mol. The molecule has 20 heavy (non-hydrogen) atoms. The highest BCUT2D eigenvalue weighted by atomic mass is 16.4. The molecular formula is C15H24N4O. The lowest BCUT2D eigenvalue weighted by atomic mass is 10.2. The molecule has 5 nitrogen and oxygen atoms in total. The molecular weight excluding hydrogens is 252 g/mol. The molecule has 110 valence electrons. The Morgan fingerprint density at radius 1 is 1.25 bits per heavy atom. The molecule has 1 aromatic heterocycles. The summed E-state index contributed by atoms with van der Waals surface area (Å²) in [7, 11) is 0. The SMILES string of the molecule is CC(C)N(CCNc1nc2c(N)cccc2o1)C(C)C. The van der Waals surface area contributed by atoms with Gasteiger partial charge in [-0.3, -0.25) is 4.90 Å². The van der Waals surface area contributed by atoms with Gasteiger partial charge in [-0.05, 0) is 39.8 Å². The summed E-state index contributed by atoms with van der Waals surface area (Å²) in [5, 5.41) is 3.23. The monoisotopic (exact) mass is 276 g/mol. The Labute approximate surface area is 120 Å². The normalized spacial score (nSPS) is 11.9. The van der Waals surface area contributed by atoms with Gasteiger partial charge < -0.3 is 15.5 Å². The van der Waals surface area contributed by atoms with Gasteiger partial charge in [-0.25, -0.2) is 0 Å². The molecule has 3 N–H and O–H groups in total. The van der Waals surface area contributed by atoms with Crippen molar-refractivity contribution in [3.8, 4) is 0 Å². The second kappa shape index (κ2) is 6.13. The molecule has 0 atom stereocenters. The summed E-state index contributed by atoms with van der Waals surface area (Å²) in [6, 6.07) is 7.15. The topological polar surface area (TPSA) is 67.3 Å². The van der Waals surface area contributed by atoms with E-state index in [0.717, 1.165) is 24.2 Å². The fraction of sp³-hybridized carbons (Fsp3) is 0.533. The Morgan fingerprint density at radius 2 is 1.95 bits per heavy atom. The number of oxazole rings is 1. The molecule has 0 aliphatic rings. The molecule has 1 heterocycles. The van der Waals surface area contributed by atoms with Crippen molar-refractivity contribution in [2.24, 2.45) is 0 Å². The van der Waals surface area contributed by atoms with E-state index in [1.807, 2.05) is 18.2 Å². The highest BCUT2D eigenvalue weighted by Gasteiger charge is 2.13. The van der Waals surface area contributed by atoms with E-state index in [0.29, 0.717) is 23.8 Å². The van der Waals surface area contributed by atoms with Crippen LogP contribution in [-0.2, 0) is 0 Å². The second-order valence-electron chi connectivity index (χ2n) is 5.57. The summed E-state index contributed by atoms with van der Waals surface area (Å²) >= 11 is 0. The average Bonchev–Trinajstić information content (AvgIpc) is 2.78. The Morgan fingerprint density at radius 3 is 2.55 bits per heavy atom. The predicted octanol–water partition coefficient (Wildman–Crippen LogP) is 2.94. The van der Waals surface area contributed by atoms with Crippen LogP contribution in [0.1, 0.15) is 27.7 Å². The summed E-state index contributed by atoms with van der Waals surface area (Å²) in [4.78, 5) is 6.80. The van der Waals surface area contributed by atoms with Crippen molar-refractivity contribution < 1.29 is 4.42 Å². The minimum Gasteiger partial charge on any atom is -0.423 e. The van der Waals surface area contributed by atoms with Gasteiger partial charge in [0, 0.05) is 25.2 Å². The molecule has 0 saturated heterocycles. The van der Waals surface area contributed by atoms with E-state index in [1.54, 1.807) is 0 Å². The summed E-state index contributed by atoms with van der Waals surface area (Å²) in [6.45, 7) is 10.6. The molecule has 0 radical (unpaired) electrons. The zero-order valence-corrected chi connectivity index (χ0v) is 12.7. The smallest absolute Gasteiger partial charge is 0.295 e. The highest BCUT2D eigenvalue weighted by molar-refractivity contribution is 5.86. The standard InChI is InChI=1S/C15H24N4O/c1-10(2)19(11(3)4)9-8-17-15-18-14-12(16)6-5-7-13(14)20-15/h5-7,10-11H,8-9,16H2,1-4H3,(H,17,18). The lowest BCUT2D eigenvalue weighted by Gasteiger charge is -2.30. The first kappa shape index (κ1) is 14.7. The number of benzene rings is 1. The van der Waals surface area contributed by atoms with Crippen molar-refractivity contribution in [1.29, 1.82) is 0 Å². The average molecular weight is 276 g/mol. The van der Waals surface area contributed by atoms with Crippen LogP contribution in [0.25, 0.3) is 11.1 Å². The maximum absolute atomic E-state index is 5.87. The van der Waals surface area contributed by atoms with Gasteiger partial charge in [0.2, 0.25) is 0 Å². The summed E-state index contributed by atoms with van der Waals surface area (Å²) in [6.07, 6.45) is 0. The van der Waals surface area contributed by atoms with Crippen molar-refractivity contribution in [2.45, 2.75) is 39.8 Å². The molecule has 0 unspecified atom stereocenters. The van der Waals surface area contributed by atoms with E-state index in [1.165, 1.54) is 0 Å². The van der Waals surface area contributed by atoms with E-state index in [-0.39, 0.29) is 0 Å². The molecule has 0 spiro atoms. The van der Waals surface area contributed by atoms with Crippen LogP contribution in [-0.4, -0.2) is 35.1 Å². The molecule has 1 aromatic carbocycles. The van der Waals surface area contributed by atoms with Gasteiger partial charge in [0.15, 0.2) is 5.58 Å². The molecule has 2 rings (SSSR count). The van der Waals surface area contributed by atoms with E-state index in [9.17, 15) is 0 Å². The number of nitrogens with two attached hydrogens (primary N) is 1. The Balaban J connectivity index is 1.97. The van der Waals surface area contributed by atoms with Crippen LogP contribution in [0.4, 0.5) is 11.7 Å². The lowest BCUT2D eigenvalue weighted by molar-refractivity contribution is 0.182. The van der Waals surface area contributed by atoms with E-state index in [4.69, 9.17) is 10.2 Å². The second-order valence-corrected chi connectivity index (χ2v) is 5.57. The number of nitrogen functional groups attached to an aromatic ring is 1. The third-order valence-electron chi connectivity index (χ3n) is 3.42. The molecule has 2 aromatic rings.